The average molecular weight is 684 g/mol. The molecule has 0 N–H and O–H groups in total. The van der Waals surface area contributed by atoms with Gasteiger partial charge in [-0.1, -0.05) is 87.6 Å². The van der Waals surface area contributed by atoms with Gasteiger partial charge in [0.15, 0.2) is 0 Å². The van der Waals surface area contributed by atoms with Crippen molar-refractivity contribution in [2.75, 3.05) is 0 Å². The number of hydrogen-bond donors (Lipinski definition) is 0. The zero-order valence-electron chi connectivity index (χ0n) is 28.6. The van der Waals surface area contributed by atoms with E-state index in [2.05, 4.69) is 94.8 Å². The molecule has 9 aromatic rings. The van der Waals surface area contributed by atoms with Crippen molar-refractivity contribution in [1.82, 2.24) is 8.97 Å². The number of benzene rings is 6. The Bertz CT molecular complexity index is 2910. The number of unbranched alkanes of at least 4 members (excludes halogenated alkanes) is 5. The fraction of sp³-hybridized carbons (Fsp3) is 0.178. The van der Waals surface area contributed by atoms with Gasteiger partial charge in [0.1, 0.15) is 0 Å². The van der Waals surface area contributed by atoms with Gasteiger partial charge in [0.2, 0.25) is 9.84 Å². The number of para-hydroxylation sites is 2. The van der Waals surface area contributed by atoms with Crippen molar-refractivity contribution >= 4 is 69.7 Å². The number of nitriles is 1. The van der Waals surface area contributed by atoms with Crippen molar-refractivity contribution in [3.05, 3.63) is 132 Å². The van der Waals surface area contributed by atoms with Crippen LogP contribution in [0.1, 0.15) is 56.6 Å². The Labute approximate surface area is 297 Å². The SMILES string of the molecule is CCCCCCCCc1ccc2c3c1c1ccccc1n1c4ccccc4c4ccc(c3c41)n2-c1ccc(S(=O)(=O)c2ccc(C#N)cc2)cc1. The largest absolute Gasteiger partial charge is 0.309 e. The van der Waals surface area contributed by atoms with Crippen LogP contribution in [-0.2, 0) is 16.3 Å². The first kappa shape index (κ1) is 31.3. The second kappa shape index (κ2) is 12.3. The number of sulfone groups is 1. The summed E-state index contributed by atoms with van der Waals surface area (Å²) >= 11 is 0. The first-order valence-electron chi connectivity index (χ1n) is 18.0. The van der Waals surface area contributed by atoms with Crippen LogP contribution in [0.25, 0.3) is 65.6 Å². The van der Waals surface area contributed by atoms with Gasteiger partial charge in [-0.3, -0.25) is 0 Å². The molecule has 0 aliphatic heterocycles. The molecule has 6 aromatic carbocycles. The Kier molecular flexibility index (Phi) is 7.56. The van der Waals surface area contributed by atoms with E-state index in [1.807, 2.05) is 12.1 Å². The lowest BCUT2D eigenvalue weighted by Crippen LogP contribution is -2.03. The molecule has 0 aliphatic rings. The summed E-state index contributed by atoms with van der Waals surface area (Å²) in [5.41, 5.74) is 8.50. The minimum absolute atomic E-state index is 0.171. The highest BCUT2D eigenvalue weighted by molar-refractivity contribution is 7.91. The van der Waals surface area contributed by atoms with Crippen LogP contribution >= 0.6 is 0 Å². The highest BCUT2D eigenvalue weighted by atomic mass is 32.2. The van der Waals surface area contributed by atoms with E-state index < -0.39 is 9.84 Å². The van der Waals surface area contributed by atoms with Crippen molar-refractivity contribution in [3.63, 3.8) is 0 Å². The molecule has 0 saturated carbocycles. The van der Waals surface area contributed by atoms with Crippen molar-refractivity contribution < 1.29 is 8.42 Å². The van der Waals surface area contributed by atoms with Crippen LogP contribution in [0.15, 0.2) is 131 Å². The molecule has 0 radical (unpaired) electrons. The zero-order valence-corrected chi connectivity index (χ0v) is 29.4. The molecule has 51 heavy (non-hydrogen) atoms. The Morgan fingerprint density at radius 2 is 1.18 bits per heavy atom. The quantitative estimate of drug-likeness (QED) is 0.135. The summed E-state index contributed by atoms with van der Waals surface area (Å²) < 4.78 is 32.0. The van der Waals surface area contributed by atoms with E-state index >= 15 is 0 Å². The highest BCUT2D eigenvalue weighted by Gasteiger charge is 2.25. The number of aryl methyl sites for hydroxylation is 1. The number of nitrogens with zero attached hydrogens (tertiary/aromatic N) is 3. The third-order valence-electron chi connectivity index (χ3n) is 10.7. The summed E-state index contributed by atoms with van der Waals surface area (Å²) in [6.07, 6.45) is 8.53. The normalized spacial score (nSPS) is 12.3. The minimum atomic E-state index is -3.76. The van der Waals surface area contributed by atoms with Crippen LogP contribution in [0.2, 0.25) is 0 Å². The van der Waals surface area contributed by atoms with Crippen molar-refractivity contribution in [2.24, 2.45) is 0 Å². The van der Waals surface area contributed by atoms with E-state index in [4.69, 9.17) is 0 Å². The van der Waals surface area contributed by atoms with Crippen LogP contribution in [-0.4, -0.2) is 17.4 Å². The summed E-state index contributed by atoms with van der Waals surface area (Å²) in [4.78, 5) is 0.390. The van der Waals surface area contributed by atoms with Crippen molar-refractivity contribution in [3.8, 4) is 11.8 Å². The molecular weight excluding hydrogens is 647 g/mol. The van der Waals surface area contributed by atoms with Gasteiger partial charge in [-0.15, -0.1) is 0 Å². The second-order valence-electron chi connectivity index (χ2n) is 13.7. The molecule has 0 amide bonds. The molecule has 0 atom stereocenters. The molecular formula is C45H37N3O2S. The first-order chi connectivity index (χ1) is 25.0. The fourth-order valence-electron chi connectivity index (χ4n) is 8.32. The molecule has 3 heterocycles. The molecule has 0 fully saturated rings. The topological polar surface area (TPSA) is 67.3 Å². The van der Waals surface area contributed by atoms with Crippen LogP contribution < -0.4 is 0 Å². The first-order valence-corrected chi connectivity index (χ1v) is 19.5. The lowest BCUT2D eigenvalue weighted by Gasteiger charge is -2.12. The molecule has 250 valence electrons. The monoisotopic (exact) mass is 683 g/mol. The Morgan fingerprint density at radius 1 is 0.569 bits per heavy atom. The molecule has 0 bridgehead atoms. The Balaban J connectivity index is 1.30. The van der Waals surface area contributed by atoms with Gasteiger partial charge in [-0.2, -0.15) is 5.26 Å². The number of rotatable bonds is 10. The smallest absolute Gasteiger partial charge is 0.206 e. The predicted octanol–water partition coefficient (Wildman–Crippen LogP) is 11.5. The van der Waals surface area contributed by atoms with E-state index in [0.717, 1.165) is 29.6 Å². The third kappa shape index (κ3) is 4.83. The number of aromatic nitrogens is 2. The van der Waals surface area contributed by atoms with E-state index in [9.17, 15) is 13.7 Å². The van der Waals surface area contributed by atoms with Crippen LogP contribution in [0.4, 0.5) is 0 Å². The summed E-state index contributed by atoms with van der Waals surface area (Å²) in [5.74, 6) is 0. The van der Waals surface area contributed by atoms with Gasteiger partial charge in [0.25, 0.3) is 0 Å². The molecule has 0 unspecified atom stereocenters. The molecule has 9 rings (SSSR count). The van der Waals surface area contributed by atoms with Gasteiger partial charge >= 0.3 is 0 Å². The molecule has 6 heteroatoms. The maximum atomic E-state index is 13.6. The number of hydrogen-bond acceptors (Lipinski definition) is 3. The van der Waals surface area contributed by atoms with E-state index in [-0.39, 0.29) is 9.79 Å². The molecule has 0 spiro atoms. The van der Waals surface area contributed by atoms with Crippen molar-refractivity contribution in [2.45, 2.75) is 61.7 Å². The van der Waals surface area contributed by atoms with Crippen LogP contribution in [0.3, 0.4) is 0 Å². The van der Waals surface area contributed by atoms with Gasteiger partial charge < -0.3 is 8.97 Å². The van der Waals surface area contributed by atoms with Gasteiger partial charge in [-0.05, 0) is 96.6 Å². The van der Waals surface area contributed by atoms with E-state index in [0.29, 0.717) is 5.56 Å². The highest BCUT2D eigenvalue weighted by Crippen LogP contribution is 2.46. The van der Waals surface area contributed by atoms with Gasteiger partial charge in [0.05, 0.1) is 49.0 Å². The lowest BCUT2D eigenvalue weighted by atomic mass is 9.96. The summed E-state index contributed by atoms with van der Waals surface area (Å²) in [5, 5.41) is 16.7. The second-order valence-corrected chi connectivity index (χ2v) is 15.7. The zero-order chi connectivity index (χ0) is 34.7. The van der Waals surface area contributed by atoms with Crippen molar-refractivity contribution in [1.29, 1.82) is 5.26 Å². The van der Waals surface area contributed by atoms with E-state index in [1.54, 1.807) is 24.3 Å². The fourth-order valence-corrected chi connectivity index (χ4v) is 9.58. The molecule has 5 nitrogen and oxygen atoms in total. The average Bonchev–Trinajstić information content (AvgIpc) is 3.64. The Hall–Kier alpha value is -5.64. The summed E-state index contributed by atoms with van der Waals surface area (Å²) in [6, 6.07) is 42.0. The maximum Gasteiger partial charge on any atom is 0.206 e. The third-order valence-corrected chi connectivity index (χ3v) is 12.5. The molecule has 0 aliphatic carbocycles. The van der Waals surface area contributed by atoms with E-state index in [1.165, 1.54) is 98.7 Å². The van der Waals surface area contributed by atoms with Crippen LogP contribution in [0.5, 0.6) is 0 Å². The number of fused-ring (bicyclic) bond motifs is 6. The van der Waals surface area contributed by atoms with Gasteiger partial charge in [0, 0.05) is 32.6 Å². The molecule has 0 saturated heterocycles. The summed E-state index contributed by atoms with van der Waals surface area (Å²) in [6.45, 7) is 2.26. The van der Waals surface area contributed by atoms with Gasteiger partial charge in [-0.25, -0.2) is 8.42 Å². The standard InChI is InChI=1S/C45H37N3O2S/c1-2-3-4-5-6-7-12-31-19-27-40-43-42(31)37-14-9-11-16-39(37)48-38-15-10-8-13-35(38)36-26-28-41(44(43)45(36)48)47(40)32-20-24-34(25-21-32)51(49,50)33-22-17-30(29-46)18-23-33/h8-11,13-28H,2-7,12H2,1H3. The Morgan fingerprint density at radius 3 is 1.90 bits per heavy atom. The predicted molar refractivity (Wildman–Crippen MR) is 209 cm³/mol. The molecule has 3 aromatic heterocycles. The summed E-state index contributed by atoms with van der Waals surface area (Å²) in [7, 11) is -3.76. The van der Waals surface area contributed by atoms with Crippen LogP contribution in [0, 0.1) is 11.3 Å². The maximum absolute atomic E-state index is 13.6. The lowest BCUT2D eigenvalue weighted by molar-refractivity contribution is 0.596. The minimum Gasteiger partial charge on any atom is -0.309 e.